The minimum Gasteiger partial charge on any atom is -0.143 e. The van der Waals surface area contributed by atoms with Gasteiger partial charge < -0.3 is 0 Å². The fraction of sp³-hybridized carbons (Fsp3) is 0. The third-order valence-electron chi connectivity index (χ3n) is 3.70. The van der Waals surface area contributed by atoms with Crippen LogP contribution in [0.1, 0.15) is 0 Å². The average molecular weight is 260 g/mol. The van der Waals surface area contributed by atoms with Gasteiger partial charge in [-0.3, -0.25) is 0 Å². The molecule has 1 heteroatoms. The van der Waals surface area contributed by atoms with E-state index in [-0.39, 0.29) is 0 Å². The SMILES string of the molecule is Sc1cccc2ccc3cc4ccccc4cc3c12. The van der Waals surface area contributed by atoms with Crippen molar-refractivity contribution in [3.05, 3.63) is 66.7 Å². The number of benzene rings is 4. The summed E-state index contributed by atoms with van der Waals surface area (Å²) < 4.78 is 0. The summed E-state index contributed by atoms with van der Waals surface area (Å²) in [5.41, 5.74) is 0. The van der Waals surface area contributed by atoms with E-state index in [1.165, 1.54) is 32.3 Å². The fourth-order valence-electron chi connectivity index (χ4n) is 2.78. The van der Waals surface area contributed by atoms with Gasteiger partial charge in [0.25, 0.3) is 0 Å². The molecule has 19 heavy (non-hydrogen) atoms. The highest BCUT2D eigenvalue weighted by molar-refractivity contribution is 7.80. The zero-order chi connectivity index (χ0) is 12.8. The standard InChI is InChI=1S/C18H12S/c19-17-7-3-6-12-8-9-15-10-13-4-1-2-5-14(13)11-16(15)18(12)17/h1-11,19H. The van der Waals surface area contributed by atoms with Crippen molar-refractivity contribution in [3.63, 3.8) is 0 Å². The first kappa shape index (κ1) is 10.9. The molecule has 0 aromatic heterocycles. The van der Waals surface area contributed by atoms with Crippen molar-refractivity contribution in [2.75, 3.05) is 0 Å². The molecule has 0 nitrogen and oxygen atoms in total. The lowest BCUT2D eigenvalue weighted by atomic mass is 9.98. The van der Waals surface area contributed by atoms with Gasteiger partial charge in [0.2, 0.25) is 0 Å². The molecule has 4 rings (SSSR count). The highest BCUT2D eigenvalue weighted by atomic mass is 32.1. The monoisotopic (exact) mass is 260 g/mol. The molecule has 0 unspecified atom stereocenters. The summed E-state index contributed by atoms with van der Waals surface area (Å²) in [6.07, 6.45) is 0. The summed E-state index contributed by atoms with van der Waals surface area (Å²) in [7, 11) is 0. The molecule has 0 amide bonds. The molecule has 0 saturated heterocycles. The Kier molecular flexibility index (Phi) is 2.30. The number of hydrogen-bond donors (Lipinski definition) is 1. The Morgan fingerprint density at radius 3 is 2.11 bits per heavy atom. The fourth-order valence-corrected chi connectivity index (χ4v) is 3.12. The van der Waals surface area contributed by atoms with Gasteiger partial charge in [-0.05, 0) is 45.1 Å². The van der Waals surface area contributed by atoms with Gasteiger partial charge in [-0.2, -0.15) is 0 Å². The summed E-state index contributed by atoms with van der Waals surface area (Å²) in [6, 6.07) is 23.6. The Balaban J connectivity index is 2.29. The Morgan fingerprint density at radius 1 is 0.579 bits per heavy atom. The van der Waals surface area contributed by atoms with Gasteiger partial charge in [-0.15, -0.1) is 12.6 Å². The molecule has 0 fully saturated rings. The average Bonchev–Trinajstić information content (AvgIpc) is 2.45. The summed E-state index contributed by atoms with van der Waals surface area (Å²) in [6.45, 7) is 0. The van der Waals surface area contributed by atoms with E-state index >= 15 is 0 Å². The van der Waals surface area contributed by atoms with Crippen LogP contribution in [0.2, 0.25) is 0 Å². The lowest BCUT2D eigenvalue weighted by Crippen LogP contribution is -1.81. The third-order valence-corrected chi connectivity index (χ3v) is 4.08. The molecule has 4 aromatic rings. The molecule has 0 heterocycles. The van der Waals surface area contributed by atoms with Gasteiger partial charge in [0.05, 0.1) is 0 Å². The largest absolute Gasteiger partial charge is 0.143 e. The molecule has 0 saturated carbocycles. The zero-order valence-corrected chi connectivity index (χ0v) is 11.2. The highest BCUT2D eigenvalue weighted by Crippen LogP contribution is 2.32. The van der Waals surface area contributed by atoms with Crippen molar-refractivity contribution < 1.29 is 0 Å². The van der Waals surface area contributed by atoms with Crippen molar-refractivity contribution >= 4 is 44.9 Å². The Labute approximate surface area is 117 Å². The molecule has 4 aromatic carbocycles. The number of fused-ring (bicyclic) bond motifs is 4. The Hall–Kier alpha value is -1.99. The summed E-state index contributed by atoms with van der Waals surface area (Å²) in [5.74, 6) is 0. The second-order valence-electron chi connectivity index (χ2n) is 4.86. The van der Waals surface area contributed by atoms with Crippen LogP contribution in [0.25, 0.3) is 32.3 Å². The summed E-state index contributed by atoms with van der Waals surface area (Å²) >= 11 is 4.62. The summed E-state index contributed by atoms with van der Waals surface area (Å²) in [4.78, 5) is 1.04. The van der Waals surface area contributed by atoms with Crippen molar-refractivity contribution in [1.29, 1.82) is 0 Å². The van der Waals surface area contributed by atoms with Crippen molar-refractivity contribution in [2.45, 2.75) is 4.90 Å². The maximum atomic E-state index is 4.62. The summed E-state index contributed by atoms with van der Waals surface area (Å²) in [5, 5.41) is 7.60. The lowest BCUT2D eigenvalue weighted by molar-refractivity contribution is 1.58. The van der Waals surface area contributed by atoms with E-state index in [9.17, 15) is 0 Å². The van der Waals surface area contributed by atoms with Crippen molar-refractivity contribution in [1.82, 2.24) is 0 Å². The van der Waals surface area contributed by atoms with Gasteiger partial charge in [-0.25, -0.2) is 0 Å². The Bertz CT molecular complexity index is 922. The van der Waals surface area contributed by atoms with Gasteiger partial charge in [0.15, 0.2) is 0 Å². The molecular weight excluding hydrogens is 248 g/mol. The molecular formula is C18H12S. The van der Waals surface area contributed by atoms with Crippen LogP contribution >= 0.6 is 12.6 Å². The van der Waals surface area contributed by atoms with Gasteiger partial charge in [0, 0.05) is 10.3 Å². The lowest BCUT2D eigenvalue weighted by Gasteiger charge is -2.08. The van der Waals surface area contributed by atoms with Gasteiger partial charge >= 0.3 is 0 Å². The maximum Gasteiger partial charge on any atom is 0.0125 e. The molecule has 0 N–H and O–H groups in total. The molecule has 0 aliphatic rings. The molecule has 90 valence electrons. The minimum absolute atomic E-state index is 1.04. The van der Waals surface area contributed by atoms with Crippen LogP contribution in [0.15, 0.2) is 71.6 Å². The molecule has 0 aliphatic heterocycles. The van der Waals surface area contributed by atoms with Crippen LogP contribution < -0.4 is 0 Å². The zero-order valence-electron chi connectivity index (χ0n) is 10.3. The van der Waals surface area contributed by atoms with Crippen LogP contribution in [0.3, 0.4) is 0 Å². The smallest absolute Gasteiger partial charge is 0.0125 e. The number of thiol groups is 1. The maximum absolute atomic E-state index is 4.62. The molecule has 0 spiro atoms. The minimum atomic E-state index is 1.04. The predicted molar refractivity (Wildman–Crippen MR) is 86.2 cm³/mol. The van der Waals surface area contributed by atoms with Crippen LogP contribution in [-0.2, 0) is 0 Å². The number of hydrogen-bond acceptors (Lipinski definition) is 1. The van der Waals surface area contributed by atoms with Crippen LogP contribution in [0.4, 0.5) is 0 Å². The topological polar surface area (TPSA) is 0 Å². The van der Waals surface area contributed by atoms with E-state index in [2.05, 4.69) is 79.4 Å². The molecule has 0 bridgehead atoms. The van der Waals surface area contributed by atoms with E-state index in [1.54, 1.807) is 0 Å². The van der Waals surface area contributed by atoms with Crippen LogP contribution in [0, 0.1) is 0 Å². The van der Waals surface area contributed by atoms with E-state index in [1.807, 2.05) is 0 Å². The van der Waals surface area contributed by atoms with E-state index in [0.717, 1.165) is 4.90 Å². The third kappa shape index (κ3) is 1.62. The van der Waals surface area contributed by atoms with E-state index in [0.29, 0.717) is 0 Å². The van der Waals surface area contributed by atoms with Crippen LogP contribution in [-0.4, -0.2) is 0 Å². The van der Waals surface area contributed by atoms with Crippen LogP contribution in [0.5, 0.6) is 0 Å². The van der Waals surface area contributed by atoms with E-state index in [4.69, 9.17) is 0 Å². The first-order valence-electron chi connectivity index (χ1n) is 6.36. The van der Waals surface area contributed by atoms with Crippen molar-refractivity contribution in [3.8, 4) is 0 Å². The van der Waals surface area contributed by atoms with Crippen molar-refractivity contribution in [2.24, 2.45) is 0 Å². The second-order valence-corrected chi connectivity index (χ2v) is 5.34. The van der Waals surface area contributed by atoms with Gasteiger partial charge in [-0.1, -0.05) is 48.5 Å². The molecule has 0 aliphatic carbocycles. The first-order valence-corrected chi connectivity index (χ1v) is 6.81. The highest BCUT2D eigenvalue weighted by Gasteiger charge is 2.04. The molecule has 0 atom stereocenters. The van der Waals surface area contributed by atoms with Gasteiger partial charge in [0.1, 0.15) is 0 Å². The second kappa shape index (κ2) is 4.01. The normalized spacial score (nSPS) is 11.4. The molecule has 0 radical (unpaired) electrons. The predicted octanol–water partition coefficient (Wildman–Crippen LogP) is 5.43. The quantitative estimate of drug-likeness (QED) is 0.243. The number of rotatable bonds is 0. The first-order chi connectivity index (χ1) is 9.33. The Morgan fingerprint density at radius 2 is 1.26 bits per heavy atom. The van der Waals surface area contributed by atoms with E-state index < -0.39 is 0 Å².